The lowest BCUT2D eigenvalue weighted by atomic mass is 10.1. The Hall–Kier alpha value is -1.38. The van der Waals surface area contributed by atoms with E-state index in [1.165, 1.54) is 12.1 Å². The van der Waals surface area contributed by atoms with Crippen LogP contribution in [0.15, 0.2) is 18.2 Å². The van der Waals surface area contributed by atoms with E-state index in [1.807, 2.05) is 0 Å². The van der Waals surface area contributed by atoms with Gasteiger partial charge in [0.15, 0.2) is 18.2 Å². The number of rotatable bonds is 0. The molecule has 0 spiro atoms. The predicted octanol–water partition coefficient (Wildman–Crippen LogP) is 1.40. The first kappa shape index (κ1) is 6.34. The fraction of sp³-hybridized carbons (Fsp3) is 0.125. The molecule has 0 N–H and O–H groups in total. The summed E-state index contributed by atoms with van der Waals surface area (Å²) < 4.78 is 17.6. The zero-order valence-electron chi connectivity index (χ0n) is 5.63. The third kappa shape index (κ3) is 0.808. The second-order valence-electron chi connectivity index (χ2n) is 2.33. The van der Waals surface area contributed by atoms with E-state index in [1.54, 1.807) is 6.07 Å². The summed E-state index contributed by atoms with van der Waals surface area (Å²) in [6, 6.07) is 4.34. The quantitative estimate of drug-likeness (QED) is 0.561. The maximum absolute atomic E-state index is 12.8. The lowest BCUT2D eigenvalue weighted by Gasteiger charge is -1.96. The molecule has 1 heterocycles. The second-order valence-corrected chi connectivity index (χ2v) is 2.33. The zero-order valence-corrected chi connectivity index (χ0v) is 5.63. The summed E-state index contributed by atoms with van der Waals surface area (Å²) in [4.78, 5) is 10.9. The molecular formula is C8H5FO2. The van der Waals surface area contributed by atoms with Gasteiger partial charge in [0, 0.05) is 0 Å². The molecule has 0 aromatic heterocycles. The van der Waals surface area contributed by atoms with Gasteiger partial charge in [-0.05, 0) is 12.1 Å². The maximum atomic E-state index is 12.8. The molecule has 0 radical (unpaired) electrons. The van der Waals surface area contributed by atoms with Crippen molar-refractivity contribution in [3.05, 3.63) is 29.6 Å². The minimum absolute atomic E-state index is 0.0315. The molecular weight excluding hydrogens is 147 g/mol. The maximum Gasteiger partial charge on any atom is 0.204 e. The molecule has 1 aliphatic rings. The van der Waals surface area contributed by atoms with Gasteiger partial charge in [0.1, 0.15) is 0 Å². The normalized spacial score (nSPS) is 14.5. The Labute approximate surface area is 62.6 Å². The molecule has 1 aromatic rings. The Kier molecular flexibility index (Phi) is 1.18. The molecule has 0 aliphatic carbocycles. The summed E-state index contributed by atoms with van der Waals surface area (Å²) in [5.41, 5.74) is 0.352. The first-order valence-electron chi connectivity index (χ1n) is 3.23. The minimum Gasteiger partial charge on any atom is -0.482 e. The highest BCUT2D eigenvalue weighted by atomic mass is 19.1. The number of halogens is 1. The van der Waals surface area contributed by atoms with Crippen molar-refractivity contribution in [2.24, 2.45) is 0 Å². The number of fused-ring (bicyclic) bond motifs is 1. The van der Waals surface area contributed by atoms with Crippen molar-refractivity contribution in [1.29, 1.82) is 0 Å². The van der Waals surface area contributed by atoms with Crippen LogP contribution in [0.1, 0.15) is 10.4 Å². The molecule has 2 rings (SSSR count). The lowest BCUT2D eigenvalue weighted by Crippen LogP contribution is -1.98. The van der Waals surface area contributed by atoms with Crippen LogP contribution in [-0.4, -0.2) is 12.4 Å². The van der Waals surface area contributed by atoms with E-state index in [0.29, 0.717) is 5.56 Å². The molecule has 0 saturated heterocycles. The lowest BCUT2D eigenvalue weighted by molar-refractivity contribution is 0.0960. The molecule has 3 heteroatoms. The van der Waals surface area contributed by atoms with Gasteiger partial charge in [-0.3, -0.25) is 4.79 Å². The van der Waals surface area contributed by atoms with E-state index in [-0.39, 0.29) is 18.1 Å². The Balaban J connectivity index is 2.66. The minimum atomic E-state index is -0.464. The van der Waals surface area contributed by atoms with Gasteiger partial charge in [0.25, 0.3) is 0 Å². The van der Waals surface area contributed by atoms with Gasteiger partial charge in [0.05, 0.1) is 5.56 Å². The average Bonchev–Trinajstić information content (AvgIpc) is 2.35. The van der Waals surface area contributed by atoms with Crippen molar-refractivity contribution in [3.8, 4) is 5.75 Å². The fourth-order valence-corrected chi connectivity index (χ4v) is 1.09. The molecule has 56 valence electrons. The van der Waals surface area contributed by atoms with Gasteiger partial charge in [0.2, 0.25) is 5.78 Å². The molecule has 0 unspecified atom stereocenters. The van der Waals surface area contributed by atoms with Crippen molar-refractivity contribution < 1.29 is 13.9 Å². The first-order valence-corrected chi connectivity index (χ1v) is 3.23. The number of benzene rings is 1. The molecule has 0 saturated carbocycles. The van der Waals surface area contributed by atoms with Gasteiger partial charge in [-0.2, -0.15) is 0 Å². The van der Waals surface area contributed by atoms with E-state index in [9.17, 15) is 9.18 Å². The number of para-hydroxylation sites is 1. The van der Waals surface area contributed by atoms with Gasteiger partial charge in [-0.1, -0.05) is 6.07 Å². The summed E-state index contributed by atoms with van der Waals surface area (Å²) in [6.07, 6.45) is 0. The number of Topliss-reactive ketones (excluding diaryl/α,β-unsaturated/α-hetero) is 1. The van der Waals surface area contributed by atoms with Crippen LogP contribution in [0.25, 0.3) is 0 Å². The topological polar surface area (TPSA) is 26.3 Å². The SMILES string of the molecule is O=C1COc2c(F)cccc21. The number of hydrogen-bond donors (Lipinski definition) is 0. The Morgan fingerprint density at radius 1 is 1.45 bits per heavy atom. The zero-order chi connectivity index (χ0) is 7.84. The van der Waals surface area contributed by atoms with E-state index < -0.39 is 5.82 Å². The second kappa shape index (κ2) is 2.05. The van der Waals surface area contributed by atoms with Gasteiger partial charge < -0.3 is 4.74 Å². The Morgan fingerprint density at radius 2 is 2.27 bits per heavy atom. The van der Waals surface area contributed by atoms with E-state index in [2.05, 4.69) is 0 Å². The highest BCUT2D eigenvalue weighted by Gasteiger charge is 2.23. The highest BCUT2D eigenvalue weighted by Crippen LogP contribution is 2.27. The summed E-state index contributed by atoms with van der Waals surface area (Å²) in [5, 5.41) is 0. The smallest absolute Gasteiger partial charge is 0.204 e. The summed E-state index contributed by atoms with van der Waals surface area (Å²) >= 11 is 0. The fourth-order valence-electron chi connectivity index (χ4n) is 1.09. The number of carbonyl (C=O) groups excluding carboxylic acids is 1. The van der Waals surface area contributed by atoms with Crippen LogP contribution in [0.3, 0.4) is 0 Å². The Morgan fingerprint density at radius 3 is 3.00 bits per heavy atom. The molecule has 0 fully saturated rings. The molecule has 0 amide bonds. The molecule has 1 aromatic carbocycles. The molecule has 0 bridgehead atoms. The Bertz CT molecular complexity index is 320. The molecule has 1 aliphatic heterocycles. The van der Waals surface area contributed by atoms with Crippen LogP contribution in [-0.2, 0) is 0 Å². The standard InChI is InChI=1S/C8H5FO2/c9-6-3-1-2-5-7(10)4-11-8(5)6/h1-3H,4H2. The van der Waals surface area contributed by atoms with Crippen molar-refractivity contribution in [3.63, 3.8) is 0 Å². The van der Waals surface area contributed by atoms with Crippen LogP contribution in [0.5, 0.6) is 5.75 Å². The number of carbonyl (C=O) groups is 1. The van der Waals surface area contributed by atoms with E-state index in [4.69, 9.17) is 4.74 Å². The van der Waals surface area contributed by atoms with Crippen molar-refractivity contribution in [1.82, 2.24) is 0 Å². The van der Waals surface area contributed by atoms with Crippen molar-refractivity contribution in [2.75, 3.05) is 6.61 Å². The average molecular weight is 152 g/mol. The monoisotopic (exact) mass is 152 g/mol. The van der Waals surface area contributed by atoms with Crippen molar-refractivity contribution in [2.45, 2.75) is 0 Å². The van der Waals surface area contributed by atoms with Crippen LogP contribution >= 0.6 is 0 Å². The van der Waals surface area contributed by atoms with E-state index >= 15 is 0 Å². The number of hydrogen-bond acceptors (Lipinski definition) is 2. The third-order valence-electron chi connectivity index (χ3n) is 1.61. The molecule has 2 nitrogen and oxygen atoms in total. The van der Waals surface area contributed by atoms with Crippen LogP contribution in [0.4, 0.5) is 4.39 Å². The molecule has 11 heavy (non-hydrogen) atoms. The number of ketones is 1. The van der Waals surface area contributed by atoms with Crippen LogP contribution < -0.4 is 4.74 Å². The largest absolute Gasteiger partial charge is 0.482 e. The van der Waals surface area contributed by atoms with E-state index in [0.717, 1.165) is 0 Å². The predicted molar refractivity (Wildman–Crippen MR) is 36.2 cm³/mol. The van der Waals surface area contributed by atoms with Crippen molar-refractivity contribution >= 4 is 5.78 Å². The van der Waals surface area contributed by atoms with Gasteiger partial charge in [-0.25, -0.2) is 4.39 Å². The molecule has 0 atom stereocenters. The summed E-state index contributed by atoms with van der Waals surface area (Å²) in [6.45, 7) is -0.0315. The van der Waals surface area contributed by atoms with Gasteiger partial charge >= 0.3 is 0 Å². The summed E-state index contributed by atoms with van der Waals surface area (Å²) in [5.74, 6) is -0.523. The highest BCUT2D eigenvalue weighted by molar-refractivity contribution is 6.02. The van der Waals surface area contributed by atoms with Crippen LogP contribution in [0, 0.1) is 5.82 Å². The first-order chi connectivity index (χ1) is 5.29. The number of ether oxygens (including phenoxy) is 1. The van der Waals surface area contributed by atoms with Gasteiger partial charge in [-0.15, -0.1) is 0 Å². The summed E-state index contributed by atoms with van der Waals surface area (Å²) in [7, 11) is 0. The third-order valence-corrected chi connectivity index (χ3v) is 1.61. The van der Waals surface area contributed by atoms with Crippen LogP contribution in [0.2, 0.25) is 0 Å².